The number of aryl methyl sites for hydroxylation is 1. The summed E-state index contributed by atoms with van der Waals surface area (Å²) in [6.07, 6.45) is 3.52. The second-order valence-electron chi connectivity index (χ2n) is 6.20. The highest BCUT2D eigenvalue weighted by Gasteiger charge is 2.32. The lowest BCUT2D eigenvalue weighted by atomic mass is 10.0. The SMILES string of the molecule is C[C@@H](NC(=O)C1=C(O)C(=O)N(C)C1)c1cccc(-c2cncn2C)c1. The number of hydrogen-bond acceptors (Lipinski definition) is 4. The summed E-state index contributed by atoms with van der Waals surface area (Å²) in [5.41, 5.74) is 2.99. The molecule has 1 aromatic carbocycles. The molecule has 7 nitrogen and oxygen atoms in total. The monoisotopic (exact) mass is 340 g/mol. The minimum atomic E-state index is -0.531. The van der Waals surface area contributed by atoms with Gasteiger partial charge in [-0.05, 0) is 18.6 Å². The third kappa shape index (κ3) is 3.13. The molecule has 0 unspecified atom stereocenters. The van der Waals surface area contributed by atoms with Crippen molar-refractivity contribution in [2.75, 3.05) is 13.6 Å². The van der Waals surface area contributed by atoms with Crippen molar-refractivity contribution >= 4 is 11.8 Å². The first-order chi connectivity index (χ1) is 11.9. The fourth-order valence-electron chi connectivity index (χ4n) is 2.84. The molecule has 0 radical (unpaired) electrons. The number of carbonyl (C=O) groups is 2. The number of imidazole rings is 1. The number of carbonyl (C=O) groups excluding carboxylic acids is 2. The van der Waals surface area contributed by atoms with Gasteiger partial charge < -0.3 is 19.9 Å². The Bertz CT molecular complexity index is 869. The van der Waals surface area contributed by atoms with E-state index in [0.717, 1.165) is 16.8 Å². The number of nitrogens with zero attached hydrogens (tertiary/aromatic N) is 3. The Hall–Kier alpha value is -3.09. The summed E-state index contributed by atoms with van der Waals surface area (Å²) in [5.74, 6) is -1.44. The number of likely N-dealkylation sites (N-methyl/N-ethyl adjacent to an activating group) is 1. The van der Waals surface area contributed by atoms with Crippen LogP contribution in [-0.2, 0) is 16.6 Å². The predicted molar refractivity (Wildman–Crippen MR) is 92.5 cm³/mol. The van der Waals surface area contributed by atoms with E-state index < -0.39 is 17.6 Å². The first-order valence-electron chi connectivity index (χ1n) is 7.93. The van der Waals surface area contributed by atoms with Gasteiger partial charge in [-0.3, -0.25) is 9.59 Å². The van der Waals surface area contributed by atoms with Gasteiger partial charge in [-0.15, -0.1) is 0 Å². The molecule has 0 saturated carbocycles. The van der Waals surface area contributed by atoms with Crippen LogP contribution in [0.3, 0.4) is 0 Å². The van der Waals surface area contributed by atoms with Gasteiger partial charge in [0.25, 0.3) is 11.8 Å². The highest BCUT2D eigenvalue weighted by atomic mass is 16.3. The van der Waals surface area contributed by atoms with E-state index in [2.05, 4.69) is 10.3 Å². The van der Waals surface area contributed by atoms with Gasteiger partial charge in [0.2, 0.25) is 0 Å². The second kappa shape index (κ2) is 6.43. The quantitative estimate of drug-likeness (QED) is 0.884. The van der Waals surface area contributed by atoms with E-state index in [9.17, 15) is 14.7 Å². The van der Waals surface area contributed by atoms with Crippen LogP contribution in [0.15, 0.2) is 48.1 Å². The summed E-state index contributed by atoms with van der Waals surface area (Å²) in [4.78, 5) is 29.4. The van der Waals surface area contributed by atoms with Crippen LogP contribution in [0, 0.1) is 0 Å². The molecule has 1 aromatic heterocycles. The molecule has 2 aromatic rings. The molecule has 2 N–H and O–H groups in total. The van der Waals surface area contributed by atoms with Crippen LogP contribution in [0.25, 0.3) is 11.3 Å². The van der Waals surface area contributed by atoms with Gasteiger partial charge in [0.15, 0.2) is 5.76 Å². The smallest absolute Gasteiger partial charge is 0.289 e. The summed E-state index contributed by atoms with van der Waals surface area (Å²) in [7, 11) is 3.46. The summed E-state index contributed by atoms with van der Waals surface area (Å²) in [5, 5.41) is 12.6. The number of aromatic nitrogens is 2. The van der Waals surface area contributed by atoms with Gasteiger partial charge in [-0.2, -0.15) is 0 Å². The summed E-state index contributed by atoms with van der Waals surface area (Å²) in [6, 6.07) is 7.53. The molecule has 0 fully saturated rings. The van der Waals surface area contributed by atoms with Crippen molar-refractivity contribution in [3.63, 3.8) is 0 Å². The molecule has 7 heteroatoms. The van der Waals surface area contributed by atoms with Crippen molar-refractivity contribution in [2.45, 2.75) is 13.0 Å². The Morgan fingerprint density at radius 2 is 2.12 bits per heavy atom. The third-order valence-electron chi connectivity index (χ3n) is 4.35. The fourth-order valence-corrected chi connectivity index (χ4v) is 2.84. The van der Waals surface area contributed by atoms with Crippen LogP contribution in [0.4, 0.5) is 0 Å². The zero-order chi connectivity index (χ0) is 18.1. The van der Waals surface area contributed by atoms with E-state index in [1.807, 2.05) is 42.8 Å². The van der Waals surface area contributed by atoms with Crippen LogP contribution in [0.5, 0.6) is 0 Å². The standard InChI is InChI=1S/C18H20N4O3/c1-11(20-17(24)14-9-21(2)18(25)16(14)23)12-5-4-6-13(7-12)15-8-19-10-22(15)3/h4-8,10-11,23H,9H2,1-3H3,(H,20,24)/t11-/m1/s1. The van der Waals surface area contributed by atoms with Gasteiger partial charge in [0.1, 0.15) is 0 Å². The average molecular weight is 340 g/mol. The van der Waals surface area contributed by atoms with Crippen LogP contribution in [0.1, 0.15) is 18.5 Å². The number of amides is 2. The zero-order valence-corrected chi connectivity index (χ0v) is 14.4. The number of aliphatic hydroxyl groups excluding tert-OH is 1. The molecule has 2 heterocycles. The normalized spacial score (nSPS) is 15.6. The third-order valence-corrected chi connectivity index (χ3v) is 4.35. The summed E-state index contributed by atoms with van der Waals surface area (Å²) >= 11 is 0. The first-order valence-corrected chi connectivity index (χ1v) is 7.93. The molecule has 1 aliphatic heterocycles. The molecular weight excluding hydrogens is 320 g/mol. The van der Waals surface area contributed by atoms with Crippen molar-refractivity contribution in [3.8, 4) is 11.3 Å². The molecule has 25 heavy (non-hydrogen) atoms. The van der Waals surface area contributed by atoms with E-state index in [4.69, 9.17) is 0 Å². The highest BCUT2D eigenvalue weighted by Crippen LogP contribution is 2.23. The highest BCUT2D eigenvalue weighted by molar-refractivity contribution is 6.06. The molecule has 1 atom stereocenters. The van der Waals surface area contributed by atoms with Crippen LogP contribution >= 0.6 is 0 Å². The number of rotatable bonds is 4. The van der Waals surface area contributed by atoms with E-state index in [0.29, 0.717) is 0 Å². The molecule has 0 bridgehead atoms. The lowest BCUT2D eigenvalue weighted by Crippen LogP contribution is -2.30. The molecule has 0 aliphatic carbocycles. The number of nitrogens with one attached hydrogen (secondary N) is 1. The van der Waals surface area contributed by atoms with E-state index in [1.54, 1.807) is 19.6 Å². The van der Waals surface area contributed by atoms with E-state index in [1.165, 1.54) is 4.90 Å². The Morgan fingerprint density at radius 3 is 2.72 bits per heavy atom. The number of aliphatic hydroxyl groups is 1. The Balaban J connectivity index is 1.78. The molecule has 3 rings (SSSR count). The number of benzene rings is 1. The molecular formula is C18H20N4O3. The second-order valence-corrected chi connectivity index (χ2v) is 6.20. The van der Waals surface area contributed by atoms with Gasteiger partial charge >= 0.3 is 0 Å². The lowest BCUT2D eigenvalue weighted by Gasteiger charge is -2.16. The van der Waals surface area contributed by atoms with E-state index >= 15 is 0 Å². The maximum atomic E-state index is 12.4. The van der Waals surface area contributed by atoms with Crippen LogP contribution < -0.4 is 5.32 Å². The van der Waals surface area contributed by atoms with Crippen molar-refractivity contribution < 1.29 is 14.7 Å². The average Bonchev–Trinajstić information content (AvgIpc) is 3.13. The van der Waals surface area contributed by atoms with Crippen molar-refractivity contribution in [3.05, 3.63) is 53.7 Å². The van der Waals surface area contributed by atoms with Gasteiger partial charge in [-0.25, -0.2) is 4.98 Å². The molecule has 2 amide bonds. The predicted octanol–water partition coefficient (Wildman–Crippen LogP) is 1.55. The Labute approximate surface area is 145 Å². The Kier molecular flexibility index (Phi) is 4.31. The van der Waals surface area contributed by atoms with Gasteiger partial charge in [0.05, 0.1) is 36.4 Å². The maximum Gasteiger partial charge on any atom is 0.289 e. The Morgan fingerprint density at radius 1 is 1.36 bits per heavy atom. The van der Waals surface area contributed by atoms with Crippen LogP contribution in [-0.4, -0.2) is 45.0 Å². The topological polar surface area (TPSA) is 87.5 Å². The molecule has 1 aliphatic rings. The number of hydrogen-bond donors (Lipinski definition) is 2. The summed E-state index contributed by atoms with van der Waals surface area (Å²) in [6.45, 7) is 1.97. The molecule has 130 valence electrons. The zero-order valence-electron chi connectivity index (χ0n) is 14.4. The van der Waals surface area contributed by atoms with Gasteiger partial charge in [-0.1, -0.05) is 18.2 Å². The fraction of sp³-hybridized carbons (Fsp3) is 0.278. The van der Waals surface area contributed by atoms with Crippen molar-refractivity contribution in [2.24, 2.45) is 7.05 Å². The molecule has 0 saturated heterocycles. The molecule has 0 spiro atoms. The summed E-state index contributed by atoms with van der Waals surface area (Å²) < 4.78 is 1.92. The van der Waals surface area contributed by atoms with Gasteiger partial charge in [0, 0.05) is 19.7 Å². The first kappa shape index (κ1) is 16.8. The lowest BCUT2D eigenvalue weighted by molar-refractivity contribution is -0.126. The van der Waals surface area contributed by atoms with Crippen molar-refractivity contribution in [1.82, 2.24) is 19.8 Å². The van der Waals surface area contributed by atoms with Crippen molar-refractivity contribution in [1.29, 1.82) is 0 Å². The van der Waals surface area contributed by atoms with Crippen LogP contribution in [0.2, 0.25) is 0 Å². The minimum absolute atomic E-state index is 0.0992. The maximum absolute atomic E-state index is 12.4. The largest absolute Gasteiger partial charge is 0.503 e. The minimum Gasteiger partial charge on any atom is -0.503 e. The van der Waals surface area contributed by atoms with E-state index in [-0.39, 0.29) is 18.2 Å².